The smallest absolute Gasteiger partial charge is 0.0419 e. The van der Waals surface area contributed by atoms with Crippen molar-refractivity contribution in [2.24, 2.45) is 0 Å². The minimum atomic E-state index is 0.363. The average molecular weight is 280 g/mol. The third-order valence-electron chi connectivity index (χ3n) is 4.43. The van der Waals surface area contributed by atoms with Crippen LogP contribution in [0.25, 0.3) is 0 Å². The molecule has 1 aliphatic rings. The van der Waals surface area contributed by atoms with Crippen LogP contribution in [0.5, 0.6) is 0 Å². The van der Waals surface area contributed by atoms with Crippen LogP contribution in [-0.4, -0.2) is 6.54 Å². The molecule has 0 radical (unpaired) electrons. The van der Waals surface area contributed by atoms with Gasteiger partial charge in [0.15, 0.2) is 0 Å². The van der Waals surface area contributed by atoms with Gasteiger partial charge >= 0.3 is 0 Å². The number of nitrogens with one attached hydrogen (secondary N) is 2. The van der Waals surface area contributed by atoms with E-state index in [4.69, 9.17) is 0 Å². The largest absolute Gasteiger partial charge is 0.384 e. The standard InChI is InChI=1S/C19H24N2/c1-13-7-8-14(2)18(11-13)15(3)21-12-17-6-4-5-16-9-10-20-19(16)17/h4-8,11,15,20-21H,9-10,12H2,1-3H3. The molecule has 110 valence electrons. The molecule has 3 rings (SSSR count). The van der Waals surface area contributed by atoms with Crippen LogP contribution in [-0.2, 0) is 13.0 Å². The van der Waals surface area contributed by atoms with Gasteiger partial charge in [-0.25, -0.2) is 0 Å². The summed E-state index contributed by atoms with van der Waals surface area (Å²) in [7, 11) is 0. The first-order valence-corrected chi connectivity index (χ1v) is 7.80. The Morgan fingerprint density at radius 1 is 1.19 bits per heavy atom. The fraction of sp³-hybridized carbons (Fsp3) is 0.368. The third kappa shape index (κ3) is 2.96. The van der Waals surface area contributed by atoms with E-state index < -0.39 is 0 Å². The number of hydrogen-bond donors (Lipinski definition) is 2. The van der Waals surface area contributed by atoms with Crippen molar-refractivity contribution in [1.82, 2.24) is 5.32 Å². The molecule has 0 aliphatic carbocycles. The molecule has 2 aromatic carbocycles. The van der Waals surface area contributed by atoms with Crippen LogP contribution < -0.4 is 10.6 Å². The van der Waals surface area contributed by atoms with Crippen molar-refractivity contribution in [3.05, 3.63) is 64.2 Å². The van der Waals surface area contributed by atoms with Crippen molar-refractivity contribution < 1.29 is 0 Å². The van der Waals surface area contributed by atoms with Crippen molar-refractivity contribution in [3.8, 4) is 0 Å². The summed E-state index contributed by atoms with van der Waals surface area (Å²) in [4.78, 5) is 0. The first kappa shape index (κ1) is 14.2. The highest BCUT2D eigenvalue weighted by Gasteiger charge is 2.14. The Bertz CT molecular complexity index is 646. The van der Waals surface area contributed by atoms with E-state index in [2.05, 4.69) is 67.8 Å². The molecule has 2 nitrogen and oxygen atoms in total. The minimum Gasteiger partial charge on any atom is -0.384 e. The van der Waals surface area contributed by atoms with E-state index in [0.29, 0.717) is 6.04 Å². The zero-order chi connectivity index (χ0) is 14.8. The Morgan fingerprint density at radius 3 is 2.90 bits per heavy atom. The zero-order valence-electron chi connectivity index (χ0n) is 13.2. The lowest BCUT2D eigenvalue weighted by Gasteiger charge is -2.18. The second kappa shape index (κ2) is 5.90. The van der Waals surface area contributed by atoms with E-state index >= 15 is 0 Å². The Hall–Kier alpha value is -1.80. The Kier molecular flexibility index (Phi) is 3.98. The summed E-state index contributed by atoms with van der Waals surface area (Å²) in [6.45, 7) is 8.57. The number of benzene rings is 2. The minimum absolute atomic E-state index is 0.363. The van der Waals surface area contributed by atoms with Crippen LogP contribution in [0.4, 0.5) is 5.69 Å². The van der Waals surface area contributed by atoms with Crippen LogP contribution in [0, 0.1) is 13.8 Å². The summed E-state index contributed by atoms with van der Waals surface area (Å²) in [5.74, 6) is 0. The van der Waals surface area contributed by atoms with Crippen LogP contribution in [0.3, 0.4) is 0 Å². The molecule has 2 aromatic rings. The molecule has 1 unspecified atom stereocenters. The van der Waals surface area contributed by atoms with Gasteiger partial charge in [-0.3, -0.25) is 0 Å². The van der Waals surface area contributed by atoms with Gasteiger partial charge in [0, 0.05) is 24.8 Å². The van der Waals surface area contributed by atoms with E-state index in [1.54, 1.807) is 0 Å². The molecule has 1 heterocycles. The summed E-state index contributed by atoms with van der Waals surface area (Å²) in [5, 5.41) is 7.19. The van der Waals surface area contributed by atoms with Gasteiger partial charge in [0.1, 0.15) is 0 Å². The molecule has 0 saturated carbocycles. The molecule has 0 bridgehead atoms. The molecule has 0 amide bonds. The number of para-hydroxylation sites is 1. The number of anilines is 1. The van der Waals surface area contributed by atoms with E-state index in [-0.39, 0.29) is 0 Å². The highest BCUT2D eigenvalue weighted by Crippen LogP contribution is 2.27. The van der Waals surface area contributed by atoms with E-state index in [9.17, 15) is 0 Å². The van der Waals surface area contributed by atoms with Gasteiger partial charge in [0.05, 0.1) is 0 Å². The van der Waals surface area contributed by atoms with Crippen LogP contribution in [0.15, 0.2) is 36.4 Å². The molecule has 1 atom stereocenters. The highest BCUT2D eigenvalue weighted by molar-refractivity contribution is 5.61. The van der Waals surface area contributed by atoms with Crippen molar-refractivity contribution in [2.45, 2.75) is 39.8 Å². The maximum absolute atomic E-state index is 3.67. The Balaban J connectivity index is 1.73. The normalized spacial score (nSPS) is 14.6. The Labute approximate surface area is 127 Å². The van der Waals surface area contributed by atoms with Crippen molar-refractivity contribution >= 4 is 5.69 Å². The van der Waals surface area contributed by atoms with Gasteiger partial charge < -0.3 is 10.6 Å². The SMILES string of the molecule is Cc1ccc(C)c(C(C)NCc2cccc3c2NCC3)c1. The Morgan fingerprint density at radius 2 is 2.05 bits per heavy atom. The van der Waals surface area contributed by atoms with Gasteiger partial charge in [0.25, 0.3) is 0 Å². The van der Waals surface area contributed by atoms with Crippen LogP contribution >= 0.6 is 0 Å². The predicted molar refractivity (Wildman–Crippen MR) is 89.8 cm³/mol. The second-order valence-corrected chi connectivity index (χ2v) is 6.09. The maximum atomic E-state index is 3.67. The summed E-state index contributed by atoms with van der Waals surface area (Å²) in [6, 6.07) is 13.7. The van der Waals surface area contributed by atoms with Crippen molar-refractivity contribution in [1.29, 1.82) is 0 Å². The predicted octanol–water partition coefficient (Wildman–Crippen LogP) is 4.12. The molecule has 0 spiro atoms. The number of fused-ring (bicyclic) bond motifs is 1. The molecular formula is C19H24N2. The summed E-state index contributed by atoms with van der Waals surface area (Å²) in [5.41, 5.74) is 8.26. The summed E-state index contributed by atoms with van der Waals surface area (Å²) in [6.07, 6.45) is 1.15. The molecule has 2 heteroatoms. The number of rotatable bonds is 4. The van der Waals surface area contributed by atoms with E-state index in [0.717, 1.165) is 19.5 Å². The van der Waals surface area contributed by atoms with E-state index in [1.165, 1.54) is 33.5 Å². The molecule has 1 aliphatic heterocycles. The quantitative estimate of drug-likeness (QED) is 0.880. The first-order valence-electron chi connectivity index (χ1n) is 7.80. The fourth-order valence-electron chi connectivity index (χ4n) is 3.16. The van der Waals surface area contributed by atoms with Gasteiger partial charge in [0.2, 0.25) is 0 Å². The highest BCUT2D eigenvalue weighted by atomic mass is 14.9. The van der Waals surface area contributed by atoms with Gasteiger partial charge in [-0.15, -0.1) is 0 Å². The molecular weight excluding hydrogens is 256 g/mol. The number of aryl methyl sites for hydroxylation is 2. The molecule has 0 saturated heterocycles. The lowest BCUT2D eigenvalue weighted by atomic mass is 9.99. The van der Waals surface area contributed by atoms with Crippen molar-refractivity contribution in [2.75, 3.05) is 11.9 Å². The lowest BCUT2D eigenvalue weighted by molar-refractivity contribution is 0.572. The molecule has 0 fully saturated rings. The van der Waals surface area contributed by atoms with Crippen molar-refractivity contribution in [3.63, 3.8) is 0 Å². The van der Waals surface area contributed by atoms with Gasteiger partial charge in [-0.2, -0.15) is 0 Å². The fourth-order valence-corrected chi connectivity index (χ4v) is 3.16. The topological polar surface area (TPSA) is 24.1 Å². The first-order chi connectivity index (χ1) is 10.1. The van der Waals surface area contributed by atoms with E-state index in [1.807, 2.05) is 0 Å². The lowest BCUT2D eigenvalue weighted by Crippen LogP contribution is -2.19. The zero-order valence-corrected chi connectivity index (χ0v) is 13.2. The molecule has 0 aromatic heterocycles. The molecule has 2 N–H and O–H groups in total. The average Bonchev–Trinajstić information content (AvgIpc) is 2.96. The van der Waals surface area contributed by atoms with Gasteiger partial charge in [-0.05, 0) is 49.4 Å². The summed E-state index contributed by atoms with van der Waals surface area (Å²) < 4.78 is 0. The second-order valence-electron chi connectivity index (χ2n) is 6.09. The van der Waals surface area contributed by atoms with Crippen LogP contribution in [0.1, 0.15) is 40.8 Å². The summed E-state index contributed by atoms with van der Waals surface area (Å²) >= 11 is 0. The van der Waals surface area contributed by atoms with Crippen LogP contribution in [0.2, 0.25) is 0 Å². The number of hydrogen-bond acceptors (Lipinski definition) is 2. The third-order valence-corrected chi connectivity index (χ3v) is 4.43. The van der Waals surface area contributed by atoms with Gasteiger partial charge in [-0.1, -0.05) is 42.0 Å². The monoisotopic (exact) mass is 280 g/mol. The maximum Gasteiger partial charge on any atom is 0.0419 e. The molecule has 21 heavy (non-hydrogen) atoms.